The number of benzene rings is 1. The fraction of sp³-hybridized carbons (Fsp3) is 0.650. The molecule has 0 bridgehead atoms. The molecule has 1 amide bonds. The van der Waals surface area contributed by atoms with E-state index >= 15 is 0 Å². The Morgan fingerprint density at radius 1 is 1.35 bits per heavy atom. The van der Waals surface area contributed by atoms with Gasteiger partial charge in [-0.1, -0.05) is 37.6 Å². The van der Waals surface area contributed by atoms with Crippen LogP contribution in [0.4, 0.5) is 0 Å². The van der Waals surface area contributed by atoms with E-state index in [1.807, 2.05) is 0 Å². The largest absolute Gasteiger partial charge is 0.384 e. The minimum absolute atomic E-state index is 0.190. The summed E-state index contributed by atoms with van der Waals surface area (Å²) < 4.78 is 5.49. The highest BCUT2D eigenvalue weighted by Gasteiger charge is 2.63. The van der Waals surface area contributed by atoms with Gasteiger partial charge in [0.05, 0.1) is 13.0 Å². The molecule has 1 aromatic carbocycles. The fourth-order valence-corrected chi connectivity index (χ4v) is 5.06. The minimum atomic E-state index is 0.190. The molecule has 2 atom stereocenters. The molecule has 1 saturated carbocycles. The van der Waals surface area contributed by atoms with Crippen LogP contribution in [0.25, 0.3) is 0 Å². The number of amides is 1. The first kappa shape index (κ1) is 16.5. The molecule has 3 heteroatoms. The normalized spacial score (nSPS) is 28.4. The summed E-state index contributed by atoms with van der Waals surface area (Å²) >= 11 is 0. The first-order valence-electron chi connectivity index (χ1n) is 8.60. The van der Waals surface area contributed by atoms with Crippen molar-refractivity contribution in [3.63, 3.8) is 0 Å². The number of carbonyl (C=O) groups is 1. The molecule has 1 saturated heterocycles. The standard InChI is InChI=1S/C20H29NO2/c1-14-6-7-15(2)16(8-14)9-18(22)21-10-17-19(3,4)11-20(17,12-21)13-23-5/h6-8,17H,9-13H2,1-5H3/t17-,20-/m1/s1. The zero-order valence-electron chi connectivity index (χ0n) is 15.1. The van der Waals surface area contributed by atoms with Crippen LogP contribution in [0.15, 0.2) is 18.2 Å². The second-order valence-corrected chi connectivity index (χ2v) is 8.39. The maximum Gasteiger partial charge on any atom is 0.227 e. The van der Waals surface area contributed by atoms with Crippen molar-refractivity contribution in [1.82, 2.24) is 4.90 Å². The Labute approximate surface area is 140 Å². The van der Waals surface area contributed by atoms with Crippen molar-refractivity contribution in [2.24, 2.45) is 16.7 Å². The summed E-state index contributed by atoms with van der Waals surface area (Å²) in [5, 5.41) is 0. The molecule has 0 N–H and O–H groups in total. The van der Waals surface area contributed by atoms with Gasteiger partial charge < -0.3 is 9.64 Å². The van der Waals surface area contributed by atoms with Gasteiger partial charge in [-0.15, -0.1) is 0 Å². The van der Waals surface area contributed by atoms with E-state index in [4.69, 9.17) is 4.74 Å². The second kappa shape index (κ2) is 5.62. The lowest BCUT2D eigenvalue weighted by molar-refractivity contribution is -0.130. The summed E-state index contributed by atoms with van der Waals surface area (Å²) in [6.45, 7) is 11.3. The van der Waals surface area contributed by atoms with Gasteiger partial charge in [-0.25, -0.2) is 0 Å². The summed E-state index contributed by atoms with van der Waals surface area (Å²) in [6.07, 6.45) is 1.68. The summed E-state index contributed by atoms with van der Waals surface area (Å²) in [6, 6.07) is 6.36. The van der Waals surface area contributed by atoms with Crippen LogP contribution in [0.1, 0.15) is 37.0 Å². The van der Waals surface area contributed by atoms with Gasteiger partial charge in [0.2, 0.25) is 5.91 Å². The summed E-state index contributed by atoms with van der Waals surface area (Å²) in [4.78, 5) is 14.9. The quantitative estimate of drug-likeness (QED) is 0.852. The van der Waals surface area contributed by atoms with Crippen LogP contribution in [0.3, 0.4) is 0 Å². The van der Waals surface area contributed by atoms with E-state index in [-0.39, 0.29) is 11.3 Å². The van der Waals surface area contributed by atoms with Crippen molar-refractivity contribution < 1.29 is 9.53 Å². The maximum atomic E-state index is 12.8. The van der Waals surface area contributed by atoms with E-state index in [0.717, 1.165) is 31.7 Å². The number of methoxy groups -OCH3 is 1. The first-order valence-corrected chi connectivity index (χ1v) is 8.60. The van der Waals surface area contributed by atoms with Crippen LogP contribution in [0.5, 0.6) is 0 Å². The van der Waals surface area contributed by atoms with E-state index in [2.05, 4.69) is 50.8 Å². The number of hydrogen-bond acceptors (Lipinski definition) is 2. The van der Waals surface area contributed by atoms with E-state index in [1.54, 1.807) is 7.11 Å². The third kappa shape index (κ3) is 2.80. The number of rotatable bonds is 4. The topological polar surface area (TPSA) is 29.5 Å². The number of carbonyl (C=O) groups excluding carboxylic acids is 1. The average Bonchev–Trinajstić information content (AvgIpc) is 2.78. The van der Waals surface area contributed by atoms with Crippen molar-refractivity contribution in [3.05, 3.63) is 34.9 Å². The van der Waals surface area contributed by atoms with Crippen LogP contribution in [-0.2, 0) is 16.0 Å². The van der Waals surface area contributed by atoms with Gasteiger partial charge in [-0.3, -0.25) is 4.79 Å². The van der Waals surface area contributed by atoms with Crippen LogP contribution in [0.2, 0.25) is 0 Å². The van der Waals surface area contributed by atoms with E-state index in [0.29, 0.717) is 17.8 Å². The Balaban J connectivity index is 1.73. The highest BCUT2D eigenvalue weighted by Crippen LogP contribution is 2.62. The Kier molecular flexibility index (Phi) is 4.04. The van der Waals surface area contributed by atoms with Crippen molar-refractivity contribution in [3.8, 4) is 0 Å². The van der Waals surface area contributed by atoms with Gasteiger partial charge >= 0.3 is 0 Å². The Bertz CT molecular complexity index is 622. The van der Waals surface area contributed by atoms with Crippen molar-refractivity contribution >= 4 is 5.91 Å². The van der Waals surface area contributed by atoms with Crippen molar-refractivity contribution in [1.29, 1.82) is 0 Å². The smallest absolute Gasteiger partial charge is 0.227 e. The zero-order valence-corrected chi connectivity index (χ0v) is 15.1. The predicted octanol–water partition coefficient (Wildman–Crippen LogP) is 3.37. The van der Waals surface area contributed by atoms with E-state index in [9.17, 15) is 4.79 Å². The minimum Gasteiger partial charge on any atom is -0.384 e. The summed E-state index contributed by atoms with van der Waals surface area (Å²) in [7, 11) is 1.78. The van der Waals surface area contributed by atoms with Crippen LogP contribution in [-0.4, -0.2) is 37.6 Å². The molecule has 0 unspecified atom stereocenters. The Morgan fingerprint density at radius 2 is 2.09 bits per heavy atom. The van der Waals surface area contributed by atoms with Crippen LogP contribution < -0.4 is 0 Å². The second-order valence-electron chi connectivity index (χ2n) is 8.39. The van der Waals surface area contributed by atoms with E-state index < -0.39 is 0 Å². The maximum absolute atomic E-state index is 12.8. The van der Waals surface area contributed by atoms with Gasteiger partial charge in [0, 0.05) is 25.6 Å². The highest BCUT2D eigenvalue weighted by molar-refractivity contribution is 5.79. The molecule has 1 aromatic rings. The molecule has 3 rings (SSSR count). The third-order valence-corrected chi connectivity index (χ3v) is 6.03. The fourth-order valence-electron chi connectivity index (χ4n) is 5.06. The molecule has 2 aliphatic rings. The third-order valence-electron chi connectivity index (χ3n) is 6.03. The molecule has 0 aromatic heterocycles. The number of hydrogen-bond donors (Lipinski definition) is 0. The first-order chi connectivity index (χ1) is 10.8. The molecule has 3 nitrogen and oxygen atoms in total. The number of likely N-dealkylation sites (tertiary alicyclic amines) is 1. The van der Waals surface area contributed by atoms with Gasteiger partial charge in [0.25, 0.3) is 0 Å². The lowest BCUT2D eigenvalue weighted by Gasteiger charge is -2.56. The van der Waals surface area contributed by atoms with Gasteiger partial charge in [0.15, 0.2) is 0 Å². The Hall–Kier alpha value is -1.35. The lowest BCUT2D eigenvalue weighted by atomic mass is 9.48. The Morgan fingerprint density at radius 3 is 2.74 bits per heavy atom. The number of fused-ring (bicyclic) bond motifs is 1. The molecular formula is C20H29NO2. The van der Waals surface area contributed by atoms with Gasteiger partial charge in [-0.2, -0.15) is 0 Å². The molecule has 1 aliphatic carbocycles. The molecule has 23 heavy (non-hydrogen) atoms. The van der Waals surface area contributed by atoms with Crippen molar-refractivity contribution in [2.45, 2.75) is 40.5 Å². The SMILES string of the molecule is COC[C@@]12CN(C(=O)Cc3cc(C)ccc3C)C[C@@H]1C(C)(C)C2. The predicted molar refractivity (Wildman–Crippen MR) is 92.4 cm³/mol. The van der Waals surface area contributed by atoms with Crippen molar-refractivity contribution in [2.75, 3.05) is 26.8 Å². The van der Waals surface area contributed by atoms with Gasteiger partial charge in [0.1, 0.15) is 0 Å². The molecule has 126 valence electrons. The number of nitrogens with zero attached hydrogens (tertiary/aromatic N) is 1. The molecule has 0 radical (unpaired) electrons. The summed E-state index contributed by atoms with van der Waals surface area (Å²) in [5.74, 6) is 0.830. The highest BCUT2D eigenvalue weighted by atomic mass is 16.5. The van der Waals surface area contributed by atoms with Crippen LogP contribution >= 0.6 is 0 Å². The molecule has 1 heterocycles. The molecule has 2 fully saturated rings. The van der Waals surface area contributed by atoms with Crippen LogP contribution in [0, 0.1) is 30.6 Å². The molecular weight excluding hydrogens is 286 g/mol. The number of ether oxygens (including phenoxy) is 1. The zero-order chi connectivity index (χ0) is 16.8. The summed E-state index contributed by atoms with van der Waals surface area (Å²) in [5.41, 5.74) is 4.10. The number of aryl methyl sites for hydroxylation is 2. The van der Waals surface area contributed by atoms with Gasteiger partial charge in [-0.05, 0) is 42.7 Å². The molecule has 1 aliphatic heterocycles. The monoisotopic (exact) mass is 315 g/mol. The van der Waals surface area contributed by atoms with E-state index in [1.165, 1.54) is 11.1 Å². The average molecular weight is 315 g/mol. The molecule has 0 spiro atoms. The lowest BCUT2D eigenvalue weighted by Crippen LogP contribution is -2.55.